The summed E-state index contributed by atoms with van der Waals surface area (Å²) in [4.78, 5) is 0. The molecule has 1 aromatic carbocycles. The maximum Gasteiger partial charge on any atom is 0.155 e. The largest absolute Gasteiger partial charge is 0.374 e. The molecular weight excluding hydrogens is 240 g/mol. The first-order valence-electron chi connectivity index (χ1n) is 6.70. The molecule has 1 aliphatic heterocycles. The molecule has 3 heteroatoms. The minimum atomic E-state index is -0.720. The molecule has 1 N–H and O–H groups in total. The maximum absolute atomic E-state index is 9.74. The van der Waals surface area contributed by atoms with Crippen LogP contribution in [-0.4, -0.2) is 24.1 Å². The number of aliphatic hydroxyl groups is 1. The Kier molecular flexibility index (Phi) is 4.75. The second-order valence-electron chi connectivity index (χ2n) is 5.48. The molecule has 0 radical (unpaired) electrons. The van der Waals surface area contributed by atoms with Crippen LogP contribution in [0.1, 0.15) is 25.3 Å². The number of ether oxygens (including phenoxy) is 2. The third-order valence-corrected chi connectivity index (χ3v) is 3.59. The van der Waals surface area contributed by atoms with Crippen molar-refractivity contribution in [3.05, 3.63) is 48.6 Å². The molecule has 3 atom stereocenters. The molecule has 104 valence electrons. The van der Waals surface area contributed by atoms with Crippen LogP contribution in [0.2, 0.25) is 0 Å². The molecule has 0 aromatic heterocycles. The second kappa shape index (κ2) is 6.33. The van der Waals surface area contributed by atoms with Crippen LogP contribution in [0.25, 0.3) is 0 Å². The minimum absolute atomic E-state index is 0.0710. The van der Waals surface area contributed by atoms with Gasteiger partial charge in [0.2, 0.25) is 0 Å². The van der Waals surface area contributed by atoms with Gasteiger partial charge in [-0.1, -0.05) is 43.3 Å². The van der Waals surface area contributed by atoms with Crippen molar-refractivity contribution >= 4 is 0 Å². The molecule has 0 bridgehead atoms. The Morgan fingerprint density at radius 1 is 1.42 bits per heavy atom. The van der Waals surface area contributed by atoms with E-state index in [9.17, 15) is 5.11 Å². The molecule has 1 aromatic rings. The van der Waals surface area contributed by atoms with Gasteiger partial charge >= 0.3 is 0 Å². The van der Waals surface area contributed by atoms with Gasteiger partial charge in [-0.3, -0.25) is 0 Å². The molecule has 0 amide bonds. The van der Waals surface area contributed by atoms with Crippen molar-refractivity contribution in [3.8, 4) is 0 Å². The van der Waals surface area contributed by atoms with Gasteiger partial charge in [0.25, 0.3) is 0 Å². The van der Waals surface area contributed by atoms with E-state index in [-0.39, 0.29) is 11.5 Å². The van der Waals surface area contributed by atoms with Crippen LogP contribution in [0.3, 0.4) is 0 Å². The van der Waals surface area contributed by atoms with Gasteiger partial charge in [0.05, 0.1) is 19.3 Å². The van der Waals surface area contributed by atoms with E-state index in [0.29, 0.717) is 19.6 Å². The van der Waals surface area contributed by atoms with E-state index in [4.69, 9.17) is 9.47 Å². The van der Waals surface area contributed by atoms with Gasteiger partial charge in [0, 0.05) is 6.42 Å². The third-order valence-electron chi connectivity index (χ3n) is 3.59. The number of benzene rings is 1. The highest BCUT2D eigenvalue weighted by molar-refractivity contribution is 5.13. The zero-order valence-electron chi connectivity index (χ0n) is 11.4. The SMILES string of the molecule is C=C[C@]1(C)CC(O)O[C@@H](COCc2ccccc2)C1. The van der Waals surface area contributed by atoms with Crippen molar-refractivity contribution in [1.82, 2.24) is 0 Å². The van der Waals surface area contributed by atoms with Crippen molar-refractivity contribution in [1.29, 1.82) is 0 Å². The first-order valence-corrected chi connectivity index (χ1v) is 6.70. The van der Waals surface area contributed by atoms with E-state index >= 15 is 0 Å². The fourth-order valence-corrected chi connectivity index (χ4v) is 2.47. The number of hydrogen-bond donors (Lipinski definition) is 1. The Morgan fingerprint density at radius 3 is 2.84 bits per heavy atom. The zero-order valence-corrected chi connectivity index (χ0v) is 11.4. The van der Waals surface area contributed by atoms with Crippen molar-refractivity contribution in [2.75, 3.05) is 6.61 Å². The summed E-state index contributed by atoms with van der Waals surface area (Å²) in [7, 11) is 0. The topological polar surface area (TPSA) is 38.7 Å². The molecular formula is C16H22O3. The smallest absolute Gasteiger partial charge is 0.155 e. The van der Waals surface area contributed by atoms with Crippen molar-refractivity contribution in [2.24, 2.45) is 5.41 Å². The number of allylic oxidation sites excluding steroid dienone is 1. The highest BCUT2D eigenvalue weighted by atomic mass is 16.6. The van der Waals surface area contributed by atoms with Crippen LogP contribution >= 0.6 is 0 Å². The average molecular weight is 262 g/mol. The molecule has 19 heavy (non-hydrogen) atoms. The molecule has 1 aliphatic rings. The van der Waals surface area contributed by atoms with E-state index in [2.05, 4.69) is 13.5 Å². The van der Waals surface area contributed by atoms with Gasteiger partial charge in [-0.15, -0.1) is 6.58 Å². The first kappa shape index (κ1) is 14.3. The van der Waals surface area contributed by atoms with Gasteiger partial charge in [-0.2, -0.15) is 0 Å². The quantitative estimate of drug-likeness (QED) is 0.829. The lowest BCUT2D eigenvalue weighted by molar-refractivity contribution is -0.200. The predicted molar refractivity (Wildman–Crippen MR) is 74.5 cm³/mol. The lowest BCUT2D eigenvalue weighted by Crippen LogP contribution is -2.40. The summed E-state index contributed by atoms with van der Waals surface area (Å²) >= 11 is 0. The van der Waals surface area contributed by atoms with Crippen molar-refractivity contribution in [2.45, 2.75) is 38.8 Å². The predicted octanol–water partition coefficient (Wildman–Crippen LogP) is 2.89. The summed E-state index contributed by atoms with van der Waals surface area (Å²) in [6.07, 6.45) is 2.55. The maximum atomic E-state index is 9.74. The molecule has 1 saturated heterocycles. The van der Waals surface area contributed by atoms with Crippen molar-refractivity contribution < 1.29 is 14.6 Å². The normalized spacial score (nSPS) is 31.1. The standard InChI is InChI=1S/C16H22O3/c1-3-16(2)9-14(19-15(17)10-16)12-18-11-13-7-5-4-6-8-13/h3-8,14-15,17H,1,9-12H2,2H3/t14-,15?,16+/m1/s1. The lowest BCUT2D eigenvalue weighted by Gasteiger charge is -2.38. The Bertz CT molecular complexity index is 404. The number of rotatable bonds is 5. The lowest BCUT2D eigenvalue weighted by atomic mass is 9.79. The Labute approximate surface area is 114 Å². The summed E-state index contributed by atoms with van der Waals surface area (Å²) in [6, 6.07) is 10.0. The monoisotopic (exact) mass is 262 g/mol. The summed E-state index contributed by atoms with van der Waals surface area (Å²) in [5, 5.41) is 9.74. The summed E-state index contributed by atoms with van der Waals surface area (Å²) in [6.45, 7) is 7.01. The molecule has 1 heterocycles. The average Bonchev–Trinajstić information content (AvgIpc) is 2.39. The van der Waals surface area contributed by atoms with Gasteiger partial charge in [-0.25, -0.2) is 0 Å². The van der Waals surface area contributed by atoms with Gasteiger partial charge in [0.1, 0.15) is 0 Å². The summed E-state index contributed by atoms with van der Waals surface area (Å²) < 4.78 is 11.2. The Balaban J connectivity index is 1.81. The van der Waals surface area contributed by atoms with E-state index in [1.165, 1.54) is 0 Å². The highest BCUT2D eigenvalue weighted by Gasteiger charge is 2.35. The van der Waals surface area contributed by atoms with Gasteiger partial charge in [-0.05, 0) is 17.4 Å². The molecule has 2 rings (SSSR count). The van der Waals surface area contributed by atoms with E-state index in [1.54, 1.807) is 0 Å². The van der Waals surface area contributed by atoms with E-state index in [1.807, 2.05) is 36.4 Å². The summed E-state index contributed by atoms with van der Waals surface area (Å²) in [5.41, 5.74) is 1.07. The molecule has 1 unspecified atom stereocenters. The Morgan fingerprint density at radius 2 is 2.16 bits per heavy atom. The molecule has 0 saturated carbocycles. The highest BCUT2D eigenvalue weighted by Crippen LogP contribution is 2.36. The second-order valence-corrected chi connectivity index (χ2v) is 5.48. The molecule has 3 nitrogen and oxygen atoms in total. The van der Waals surface area contributed by atoms with Crippen LogP contribution < -0.4 is 0 Å². The van der Waals surface area contributed by atoms with Crippen LogP contribution in [0.15, 0.2) is 43.0 Å². The molecule has 0 spiro atoms. The van der Waals surface area contributed by atoms with Crippen LogP contribution in [0.4, 0.5) is 0 Å². The number of hydrogen-bond acceptors (Lipinski definition) is 3. The minimum Gasteiger partial charge on any atom is -0.374 e. The van der Waals surface area contributed by atoms with Gasteiger partial charge in [0.15, 0.2) is 6.29 Å². The first-order chi connectivity index (χ1) is 9.11. The van der Waals surface area contributed by atoms with E-state index in [0.717, 1.165) is 12.0 Å². The zero-order chi connectivity index (χ0) is 13.7. The Hall–Kier alpha value is -1.16. The van der Waals surface area contributed by atoms with Crippen molar-refractivity contribution in [3.63, 3.8) is 0 Å². The van der Waals surface area contributed by atoms with E-state index < -0.39 is 6.29 Å². The fourth-order valence-electron chi connectivity index (χ4n) is 2.47. The molecule has 1 fully saturated rings. The fraction of sp³-hybridized carbons (Fsp3) is 0.500. The number of aliphatic hydroxyl groups excluding tert-OH is 1. The third kappa shape index (κ3) is 4.16. The van der Waals surface area contributed by atoms with Crippen LogP contribution in [0.5, 0.6) is 0 Å². The van der Waals surface area contributed by atoms with Crippen LogP contribution in [-0.2, 0) is 16.1 Å². The summed E-state index contributed by atoms with van der Waals surface area (Å²) in [5.74, 6) is 0. The molecule has 0 aliphatic carbocycles. The van der Waals surface area contributed by atoms with Crippen LogP contribution in [0, 0.1) is 5.41 Å². The van der Waals surface area contributed by atoms with Gasteiger partial charge < -0.3 is 14.6 Å².